The number of hydrogen-bond acceptors (Lipinski definition) is 8. The lowest BCUT2D eigenvalue weighted by Crippen LogP contribution is -2.19. The summed E-state index contributed by atoms with van der Waals surface area (Å²) < 4.78 is 1.62. The second kappa shape index (κ2) is 8.06. The van der Waals surface area contributed by atoms with Crippen LogP contribution < -0.4 is 16.6 Å². The van der Waals surface area contributed by atoms with Crippen molar-refractivity contribution in [3.63, 3.8) is 0 Å². The van der Waals surface area contributed by atoms with Crippen molar-refractivity contribution in [3.8, 4) is 0 Å². The summed E-state index contributed by atoms with van der Waals surface area (Å²) in [5, 5.41) is 12.3. The second-order valence-electron chi connectivity index (χ2n) is 5.14. The summed E-state index contributed by atoms with van der Waals surface area (Å²) in [5.74, 6) is 0.355. The average Bonchev–Trinajstić information content (AvgIpc) is 2.97. The Kier molecular flexibility index (Phi) is 6.10. The fourth-order valence-corrected chi connectivity index (χ4v) is 3.31. The van der Waals surface area contributed by atoms with Gasteiger partial charge in [0.25, 0.3) is 5.56 Å². The first-order valence-electron chi connectivity index (χ1n) is 7.15. The van der Waals surface area contributed by atoms with Crippen molar-refractivity contribution in [2.45, 2.75) is 31.5 Å². The lowest BCUT2D eigenvalue weighted by Gasteiger charge is -2.12. The molecular weight excluding hydrogens is 348 g/mol. The third kappa shape index (κ3) is 4.65. The zero-order chi connectivity index (χ0) is 17.7. The van der Waals surface area contributed by atoms with E-state index in [2.05, 4.69) is 27.1 Å². The Morgan fingerprint density at radius 2 is 2.29 bits per heavy atom. The molecule has 8 nitrogen and oxygen atoms in total. The van der Waals surface area contributed by atoms with Gasteiger partial charge in [0.2, 0.25) is 11.0 Å². The van der Waals surface area contributed by atoms with Gasteiger partial charge in [-0.25, -0.2) is 0 Å². The van der Waals surface area contributed by atoms with Crippen molar-refractivity contribution in [2.24, 2.45) is 0 Å². The first kappa shape index (κ1) is 18.1. The van der Waals surface area contributed by atoms with Crippen LogP contribution in [0.25, 0.3) is 0 Å². The maximum absolute atomic E-state index is 12.0. The topological polar surface area (TPSA) is 116 Å². The van der Waals surface area contributed by atoms with Gasteiger partial charge < -0.3 is 10.3 Å². The predicted molar refractivity (Wildman–Crippen MR) is 96.5 cm³/mol. The highest BCUT2D eigenvalue weighted by Crippen LogP contribution is 2.23. The molecule has 1 amide bonds. The number of carbonyl (C=O) groups excluding carboxylic acids is 1. The normalized spacial score (nSPS) is 10.8. The lowest BCUT2D eigenvalue weighted by molar-refractivity contribution is -0.113. The number of nitrogens with one attached hydrogen (secondary N) is 1. The van der Waals surface area contributed by atoms with Crippen LogP contribution in [-0.4, -0.2) is 31.4 Å². The minimum Gasteiger partial charge on any atom is -0.385 e. The minimum absolute atomic E-state index is 0.0730. The van der Waals surface area contributed by atoms with E-state index in [0.29, 0.717) is 16.8 Å². The molecule has 0 radical (unpaired) electrons. The van der Waals surface area contributed by atoms with Gasteiger partial charge in [0.15, 0.2) is 5.16 Å². The first-order valence-corrected chi connectivity index (χ1v) is 8.95. The summed E-state index contributed by atoms with van der Waals surface area (Å²) in [6.45, 7) is 8.06. The van der Waals surface area contributed by atoms with E-state index in [1.54, 1.807) is 10.6 Å². The minimum atomic E-state index is -0.443. The van der Waals surface area contributed by atoms with Gasteiger partial charge in [-0.15, -0.1) is 16.8 Å². The van der Waals surface area contributed by atoms with E-state index in [4.69, 9.17) is 5.73 Å². The fraction of sp³-hybridized carbons (Fsp3) is 0.357. The molecule has 2 rings (SSSR count). The van der Waals surface area contributed by atoms with Gasteiger partial charge in [0.05, 0.1) is 5.75 Å². The van der Waals surface area contributed by atoms with Crippen LogP contribution in [0, 0.1) is 0 Å². The Morgan fingerprint density at radius 1 is 1.54 bits per heavy atom. The molecule has 0 unspecified atom stereocenters. The zero-order valence-corrected chi connectivity index (χ0v) is 15.0. The molecule has 0 aliphatic heterocycles. The number of allylic oxidation sites excluding steroid dienone is 1. The van der Waals surface area contributed by atoms with Crippen LogP contribution in [0.15, 0.2) is 28.7 Å². The van der Waals surface area contributed by atoms with Crippen LogP contribution >= 0.6 is 23.1 Å². The molecule has 128 valence electrons. The van der Waals surface area contributed by atoms with E-state index in [-0.39, 0.29) is 23.4 Å². The summed E-state index contributed by atoms with van der Waals surface area (Å²) >= 11 is 2.46. The van der Waals surface area contributed by atoms with E-state index in [0.717, 1.165) is 16.8 Å². The summed E-state index contributed by atoms with van der Waals surface area (Å²) in [5.41, 5.74) is 5.37. The van der Waals surface area contributed by atoms with E-state index in [1.807, 2.05) is 13.8 Å². The summed E-state index contributed by atoms with van der Waals surface area (Å²) in [6, 6.07) is 1.24. The number of carbonyl (C=O) groups is 1. The standard InChI is InChI=1S/C14H18N6O2S2/c1-4-5-20-9(15)6-10(21)17-14(20)23-7-11(22)16-13-19-18-12(24-13)8(2)3/h4,6,8H,1,5,7,15H2,2-3H3,(H,16,19,22). The van der Waals surface area contributed by atoms with Gasteiger partial charge in [-0.3, -0.25) is 14.9 Å². The number of nitrogen functional groups attached to an aromatic ring is 1. The third-order valence-electron chi connectivity index (χ3n) is 2.84. The van der Waals surface area contributed by atoms with Crippen LogP contribution in [0.3, 0.4) is 0 Å². The SMILES string of the molecule is C=CCn1c(N)cc(=O)nc1SCC(=O)Nc1nnc(C(C)C)s1. The quantitative estimate of drug-likeness (QED) is 0.435. The molecular formula is C14H18N6O2S2. The summed E-state index contributed by atoms with van der Waals surface area (Å²) in [4.78, 5) is 27.4. The highest BCUT2D eigenvalue weighted by Gasteiger charge is 2.13. The smallest absolute Gasteiger partial charge is 0.275 e. The molecule has 0 saturated heterocycles. The maximum atomic E-state index is 12.0. The van der Waals surface area contributed by atoms with Gasteiger partial charge in [-0.1, -0.05) is 43.0 Å². The monoisotopic (exact) mass is 366 g/mol. The van der Waals surface area contributed by atoms with Crippen molar-refractivity contribution in [3.05, 3.63) is 34.1 Å². The van der Waals surface area contributed by atoms with Gasteiger partial charge in [-0.2, -0.15) is 4.98 Å². The summed E-state index contributed by atoms with van der Waals surface area (Å²) in [7, 11) is 0. The molecule has 2 aromatic heterocycles. The van der Waals surface area contributed by atoms with Crippen LogP contribution in [-0.2, 0) is 11.3 Å². The fourth-order valence-electron chi connectivity index (χ4n) is 1.73. The Bertz CT molecular complexity index is 799. The molecule has 0 bridgehead atoms. The van der Waals surface area contributed by atoms with Crippen molar-refractivity contribution >= 4 is 40.0 Å². The number of thioether (sulfide) groups is 1. The number of nitrogens with zero attached hydrogens (tertiary/aromatic N) is 4. The van der Waals surface area contributed by atoms with Gasteiger partial charge in [0, 0.05) is 18.5 Å². The van der Waals surface area contributed by atoms with E-state index < -0.39 is 5.56 Å². The van der Waals surface area contributed by atoms with Gasteiger partial charge >= 0.3 is 0 Å². The number of amides is 1. The Morgan fingerprint density at radius 3 is 2.92 bits per heavy atom. The van der Waals surface area contributed by atoms with Gasteiger partial charge in [0.1, 0.15) is 10.8 Å². The highest BCUT2D eigenvalue weighted by atomic mass is 32.2. The molecule has 0 spiro atoms. The molecule has 2 heterocycles. The Hall–Kier alpha value is -2.20. The highest BCUT2D eigenvalue weighted by molar-refractivity contribution is 7.99. The molecule has 2 aromatic rings. The number of aromatic nitrogens is 4. The second-order valence-corrected chi connectivity index (χ2v) is 7.09. The first-order chi connectivity index (χ1) is 11.4. The molecule has 24 heavy (non-hydrogen) atoms. The number of nitrogens with two attached hydrogens (primary N) is 1. The van der Waals surface area contributed by atoms with E-state index in [1.165, 1.54) is 17.4 Å². The lowest BCUT2D eigenvalue weighted by atomic mass is 10.2. The number of anilines is 2. The molecule has 0 saturated carbocycles. The predicted octanol–water partition coefficient (Wildman–Crippen LogP) is 1.72. The van der Waals surface area contributed by atoms with Crippen molar-refractivity contribution in [1.29, 1.82) is 0 Å². The van der Waals surface area contributed by atoms with Crippen LogP contribution in [0.4, 0.5) is 10.9 Å². The maximum Gasteiger partial charge on any atom is 0.275 e. The van der Waals surface area contributed by atoms with Crippen LogP contribution in [0.2, 0.25) is 0 Å². The molecule has 0 aliphatic rings. The molecule has 0 aliphatic carbocycles. The number of rotatable bonds is 7. The zero-order valence-electron chi connectivity index (χ0n) is 13.4. The van der Waals surface area contributed by atoms with E-state index in [9.17, 15) is 9.59 Å². The Balaban J connectivity index is 2.03. The van der Waals surface area contributed by atoms with E-state index >= 15 is 0 Å². The molecule has 0 aromatic carbocycles. The van der Waals surface area contributed by atoms with Crippen molar-refractivity contribution in [2.75, 3.05) is 16.8 Å². The van der Waals surface area contributed by atoms with Gasteiger partial charge in [-0.05, 0) is 0 Å². The molecule has 10 heteroatoms. The number of hydrogen-bond donors (Lipinski definition) is 2. The average molecular weight is 366 g/mol. The summed E-state index contributed by atoms with van der Waals surface area (Å²) in [6.07, 6.45) is 1.64. The van der Waals surface area contributed by atoms with Crippen LogP contribution in [0.1, 0.15) is 24.8 Å². The Labute approximate surface area is 147 Å². The molecule has 0 atom stereocenters. The van der Waals surface area contributed by atoms with Crippen molar-refractivity contribution < 1.29 is 4.79 Å². The van der Waals surface area contributed by atoms with Crippen LogP contribution in [0.5, 0.6) is 0 Å². The molecule has 3 N–H and O–H groups in total. The third-order valence-corrected chi connectivity index (χ3v) is 4.96. The molecule has 0 fully saturated rings. The van der Waals surface area contributed by atoms with Crippen molar-refractivity contribution in [1.82, 2.24) is 19.7 Å². The largest absolute Gasteiger partial charge is 0.385 e.